The van der Waals surface area contributed by atoms with E-state index >= 15 is 0 Å². The van der Waals surface area contributed by atoms with E-state index in [0.29, 0.717) is 0 Å². The van der Waals surface area contributed by atoms with Crippen LogP contribution in [0.15, 0.2) is 36.4 Å². The van der Waals surface area contributed by atoms with Crippen molar-refractivity contribution in [2.45, 2.75) is 26.3 Å². The van der Waals surface area contributed by atoms with Crippen LogP contribution in [-0.2, 0) is 6.54 Å². The third kappa shape index (κ3) is 2.84. The van der Waals surface area contributed by atoms with Crippen molar-refractivity contribution in [1.29, 1.82) is 0 Å². The van der Waals surface area contributed by atoms with Crippen LogP contribution >= 0.6 is 0 Å². The molecule has 1 aromatic carbocycles. The number of nitrogens with zero attached hydrogens (tertiary/aromatic N) is 5. The lowest BCUT2D eigenvalue weighted by molar-refractivity contribution is 0.871. The fraction of sp³-hybridized carbons (Fsp3) is 0.353. The fourth-order valence-electron chi connectivity index (χ4n) is 2.98. The van der Waals surface area contributed by atoms with Crippen LogP contribution in [0.5, 0.6) is 0 Å². The average molecular weight is 308 g/mol. The average Bonchev–Trinajstić information content (AvgIpc) is 3.24. The number of aryl methyl sites for hydroxylation is 1. The maximum absolute atomic E-state index is 4.50. The molecule has 0 amide bonds. The molecule has 0 atom stereocenters. The van der Waals surface area contributed by atoms with Crippen molar-refractivity contribution in [2.24, 2.45) is 0 Å². The zero-order chi connectivity index (χ0) is 15.6. The van der Waals surface area contributed by atoms with Crippen LogP contribution in [0.25, 0.3) is 5.65 Å². The molecule has 0 unspecified atom stereocenters. The highest BCUT2D eigenvalue weighted by atomic mass is 15.4. The van der Waals surface area contributed by atoms with Gasteiger partial charge in [-0.25, -0.2) is 0 Å². The first kappa shape index (κ1) is 14.0. The van der Waals surface area contributed by atoms with Gasteiger partial charge in [-0.15, -0.1) is 15.3 Å². The zero-order valence-electron chi connectivity index (χ0n) is 13.2. The van der Waals surface area contributed by atoms with Gasteiger partial charge in [0.25, 0.3) is 0 Å². The molecule has 0 spiro atoms. The summed E-state index contributed by atoms with van der Waals surface area (Å²) in [5.41, 5.74) is 3.34. The van der Waals surface area contributed by atoms with E-state index in [1.807, 2.05) is 19.1 Å². The molecule has 2 aromatic heterocycles. The molecular formula is C17H20N6. The van der Waals surface area contributed by atoms with Gasteiger partial charge >= 0.3 is 0 Å². The van der Waals surface area contributed by atoms with Crippen LogP contribution in [0.4, 0.5) is 11.5 Å². The molecule has 0 aliphatic carbocycles. The van der Waals surface area contributed by atoms with Gasteiger partial charge in [-0.3, -0.25) is 0 Å². The Kier molecular flexibility index (Phi) is 3.57. The standard InChI is InChI=1S/C17H20N6/c1-13-19-20-17-9-8-16(21-23(13)17)18-12-14-4-6-15(7-5-14)22-10-2-3-11-22/h4-9H,2-3,10-12H2,1H3,(H,18,21). The maximum Gasteiger partial charge on any atom is 0.178 e. The highest BCUT2D eigenvalue weighted by Gasteiger charge is 2.11. The Balaban J connectivity index is 1.44. The van der Waals surface area contributed by atoms with Crippen LogP contribution in [0.2, 0.25) is 0 Å². The Bertz CT molecular complexity index is 802. The van der Waals surface area contributed by atoms with Crippen LogP contribution in [0.1, 0.15) is 24.2 Å². The summed E-state index contributed by atoms with van der Waals surface area (Å²) in [6.07, 6.45) is 2.61. The third-order valence-electron chi connectivity index (χ3n) is 4.30. The summed E-state index contributed by atoms with van der Waals surface area (Å²) in [5, 5.41) is 15.9. The lowest BCUT2D eigenvalue weighted by Gasteiger charge is -2.17. The first-order valence-corrected chi connectivity index (χ1v) is 8.06. The Morgan fingerprint density at radius 1 is 1.00 bits per heavy atom. The molecule has 0 saturated carbocycles. The van der Waals surface area contributed by atoms with E-state index in [0.717, 1.165) is 23.8 Å². The van der Waals surface area contributed by atoms with Gasteiger partial charge in [-0.05, 0) is 49.6 Å². The van der Waals surface area contributed by atoms with E-state index in [1.54, 1.807) is 4.52 Å². The second-order valence-electron chi connectivity index (χ2n) is 5.95. The molecular weight excluding hydrogens is 288 g/mol. The van der Waals surface area contributed by atoms with Gasteiger partial charge in [0.15, 0.2) is 11.5 Å². The van der Waals surface area contributed by atoms with Gasteiger partial charge in [0.1, 0.15) is 5.82 Å². The minimum Gasteiger partial charge on any atom is -0.372 e. The van der Waals surface area contributed by atoms with Crippen LogP contribution in [0, 0.1) is 6.92 Å². The number of rotatable bonds is 4. The smallest absolute Gasteiger partial charge is 0.178 e. The Morgan fingerprint density at radius 2 is 1.78 bits per heavy atom. The quantitative estimate of drug-likeness (QED) is 0.803. The molecule has 3 aromatic rings. The Morgan fingerprint density at radius 3 is 2.57 bits per heavy atom. The third-order valence-corrected chi connectivity index (χ3v) is 4.30. The number of nitrogens with one attached hydrogen (secondary N) is 1. The topological polar surface area (TPSA) is 58.4 Å². The fourth-order valence-corrected chi connectivity index (χ4v) is 2.98. The molecule has 6 heteroatoms. The summed E-state index contributed by atoms with van der Waals surface area (Å²) in [6, 6.07) is 12.6. The van der Waals surface area contributed by atoms with Gasteiger partial charge in [0.05, 0.1) is 0 Å². The van der Waals surface area contributed by atoms with E-state index in [4.69, 9.17) is 0 Å². The zero-order valence-corrected chi connectivity index (χ0v) is 13.2. The summed E-state index contributed by atoms with van der Waals surface area (Å²) in [5.74, 6) is 1.61. The molecule has 1 aliphatic heterocycles. The highest BCUT2D eigenvalue weighted by molar-refractivity contribution is 5.49. The number of anilines is 2. The molecule has 118 valence electrons. The van der Waals surface area contributed by atoms with E-state index in [-0.39, 0.29) is 0 Å². The normalized spacial score (nSPS) is 14.6. The highest BCUT2D eigenvalue weighted by Crippen LogP contribution is 2.20. The van der Waals surface area contributed by atoms with Gasteiger partial charge < -0.3 is 10.2 Å². The maximum atomic E-state index is 4.50. The molecule has 4 rings (SSSR count). The SMILES string of the molecule is Cc1nnc2ccc(NCc3ccc(N4CCCC4)cc3)nn12. The van der Waals surface area contributed by atoms with E-state index in [2.05, 4.69) is 49.8 Å². The molecule has 3 heterocycles. The predicted molar refractivity (Wildman–Crippen MR) is 90.7 cm³/mol. The van der Waals surface area contributed by atoms with Gasteiger partial charge in [0.2, 0.25) is 0 Å². The minimum absolute atomic E-state index is 0.750. The lowest BCUT2D eigenvalue weighted by Crippen LogP contribution is -2.17. The summed E-state index contributed by atoms with van der Waals surface area (Å²) >= 11 is 0. The summed E-state index contributed by atoms with van der Waals surface area (Å²) in [6.45, 7) is 5.01. The Hall–Kier alpha value is -2.63. The largest absolute Gasteiger partial charge is 0.372 e. The second kappa shape index (κ2) is 5.87. The van der Waals surface area contributed by atoms with Crippen molar-refractivity contribution >= 4 is 17.2 Å². The number of aromatic nitrogens is 4. The molecule has 1 N–H and O–H groups in total. The van der Waals surface area contributed by atoms with E-state index in [9.17, 15) is 0 Å². The lowest BCUT2D eigenvalue weighted by atomic mass is 10.2. The molecule has 1 saturated heterocycles. The first-order valence-electron chi connectivity index (χ1n) is 8.06. The number of hydrogen-bond donors (Lipinski definition) is 1. The molecule has 23 heavy (non-hydrogen) atoms. The van der Waals surface area contributed by atoms with Crippen LogP contribution in [-0.4, -0.2) is 32.9 Å². The second-order valence-corrected chi connectivity index (χ2v) is 5.95. The monoisotopic (exact) mass is 308 g/mol. The van der Waals surface area contributed by atoms with Crippen LogP contribution < -0.4 is 10.2 Å². The van der Waals surface area contributed by atoms with Crippen molar-refractivity contribution in [3.63, 3.8) is 0 Å². The van der Waals surface area contributed by atoms with Gasteiger partial charge in [-0.1, -0.05) is 12.1 Å². The molecule has 6 nitrogen and oxygen atoms in total. The molecule has 1 aliphatic rings. The minimum atomic E-state index is 0.750. The number of benzene rings is 1. The van der Waals surface area contributed by atoms with Crippen molar-refractivity contribution in [2.75, 3.05) is 23.3 Å². The van der Waals surface area contributed by atoms with Crippen molar-refractivity contribution in [3.8, 4) is 0 Å². The number of fused-ring (bicyclic) bond motifs is 1. The van der Waals surface area contributed by atoms with Gasteiger partial charge in [-0.2, -0.15) is 4.52 Å². The van der Waals surface area contributed by atoms with Crippen molar-refractivity contribution in [3.05, 3.63) is 47.8 Å². The van der Waals surface area contributed by atoms with Crippen LogP contribution in [0.3, 0.4) is 0 Å². The molecule has 0 radical (unpaired) electrons. The number of hydrogen-bond acceptors (Lipinski definition) is 5. The molecule has 0 bridgehead atoms. The van der Waals surface area contributed by atoms with E-state index in [1.165, 1.54) is 37.2 Å². The summed E-state index contributed by atoms with van der Waals surface area (Å²) in [7, 11) is 0. The summed E-state index contributed by atoms with van der Waals surface area (Å²) < 4.78 is 1.75. The Labute approximate surface area is 135 Å². The van der Waals surface area contributed by atoms with Crippen molar-refractivity contribution in [1.82, 2.24) is 19.8 Å². The first-order chi connectivity index (χ1) is 11.3. The van der Waals surface area contributed by atoms with E-state index < -0.39 is 0 Å². The van der Waals surface area contributed by atoms with Gasteiger partial charge in [0, 0.05) is 25.3 Å². The molecule has 1 fully saturated rings. The summed E-state index contributed by atoms with van der Waals surface area (Å²) in [4.78, 5) is 2.45. The van der Waals surface area contributed by atoms with Crippen molar-refractivity contribution < 1.29 is 0 Å². The predicted octanol–water partition coefficient (Wildman–Crippen LogP) is 2.65.